The fourth-order valence-corrected chi connectivity index (χ4v) is 3.30. The zero-order valence-corrected chi connectivity index (χ0v) is 10.7. The summed E-state index contributed by atoms with van der Waals surface area (Å²) in [5, 5.41) is 0. The van der Waals surface area contributed by atoms with Gasteiger partial charge in [0.25, 0.3) is 0 Å². The van der Waals surface area contributed by atoms with Gasteiger partial charge < -0.3 is 4.90 Å². The maximum Gasteiger partial charge on any atom is 0.0865 e. The van der Waals surface area contributed by atoms with Crippen molar-refractivity contribution in [3.8, 4) is 0 Å². The summed E-state index contributed by atoms with van der Waals surface area (Å²) in [6.07, 6.45) is 9.15. The van der Waals surface area contributed by atoms with Crippen LogP contribution >= 0.6 is 12.2 Å². The zero-order valence-electron chi connectivity index (χ0n) is 9.88. The van der Waals surface area contributed by atoms with Gasteiger partial charge in [0.15, 0.2) is 0 Å². The lowest BCUT2D eigenvalue weighted by atomic mass is 9.97. The van der Waals surface area contributed by atoms with Crippen LogP contribution in [0.5, 0.6) is 0 Å². The molecule has 0 aromatic carbocycles. The molecule has 0 aromatic rings. The number of nitrogens with zero attached hydrogens (tertiary/aromatic N) is 1. The summed E-state index contributed by atoms with van der Waals surface area (Å²) in [5.41, 5.74) is 3.23. The molecule has 0 unspecified atom stereocenters. The summed E-state index contributed by atoms with van der Waals surface area (Å²) in [4.78, 5) is 3.58. The van der Waals surface area contributed by atoms with Crippen molar-refractivity contribution in [2.24, 2.45) is 0 Å². The second-order valence-electron chi connectivity index (χ2n) is 5.00. The van der Waals surface area contributed by atoms with Crippen molar-refractivity contribution in [2.75, 3.05) is 0 Å². The molecule has 0 bridgehead atoms. The first-order valence-corrected chi connectivity index (χ1v) is 6.64. The number of hydrogen-bond acceptors (Lipinski definition) is 1. The van der Waals surface area contributed by atoms with Crippen LogP contribution in [0.1, 0.15) is 58.8 Å². The molecule has 0 radical (unpaired) electrons. The number of hydrogen-bond donors (Lipinski definition) is 0. The van der Waals surface area contributed by atoms with Gasteiger partial charge in [0.2, 0.25) is 0 Å². The standard InChI is InChI=1S/C13H21NS/c1-10(2)14-12-8-6-4-3-5-7-11(12)9-13(14)15/h10H,3-9H2,1-2H3. The van der Waals surface area contributed by atoms with Crippen LogP contribution in [0.4, 0.5) is 0 Å². The van der Waals surface area contributed by atoms with Crippen LogP contribution in [-0.2, 0) is 0 Å². The van der Waals surface area contributed by atoms with Gasteiger partial charge in [0, 0.05) is 18.2 Å². The molecule has 2 aliphatic rings. The lowest BCUT2D eigenvalue weighted by molar-refractivity contribution is 0.411. The van der Waals surface area contributed by atoms with E-state index in [1.807, 2.05) is 0 Å². The molecule has 2 heteroatoms. The third-order valence-electron chi connectivity index (χ3n) is 3.49. The van der Waals surface area contributed by atoms with E-state index in [1.54, 1.807) is 11.3 Å². The first-order chi connectivity index (χ1) is 7.20. The van der Waals surface area contributed by atoms with Crippen molar-refractivity contribution in [1.82, 2.24) is 4.90 Å². The minimum absolute atomic E-state index is 0.546. The van der Waals surface area contributed by atoms with Crippen LogP contribution in [0, 0.1) is 0 Å². The molecule has 0 aromatic heterocycles. The molecular weight excluding hydrogens is 202 g/mol. The van der Waals surface area contributed by atoms with Crippen LogP contribution in [0.3, 0.4) is 0 Å². The zero-order chi connectivity index (χ0) is 10.8. The van der Waals surface area contributed by atoms with Crippen molar-refractivity contribution < 1.29 is 0 Å². The highest BCUT2D eigenvalue weighted by Crippen LogP contribution is 2.35. The van der Waals surface area contributed by atoms with E-state index in [4.69, 9.17) is 12.2 Å². The van der Waals surface area contributed by atoms with Crippen LogP contribution in [0.25, 0.3) is 0 Å². The smallest absolute Gasteiger partial charge is 0.0865 e. The van der Waals surface area contributed by atoms with E-state index >= 15 is 0 Å². The highest BCUT2D eigenvalue weighted by molar-refractivity contribution is 7.80. The molecule has 2 rings (SSSR count). The third kappa shape index (κ3) is 2.25. The number of thiocarbonyl (C=S) groups is 1. The van der Waals surface area contributed by atoms with E-state index < -0.39 is 0 Å². The summed E-state index contributed by atoms with van der Waals surface area (Å²) in [7, 11) is 0. The second kappa shape index (κ2) is 4.65. The lowest BCUT2D eigenvalue weighted by Gasteiger charge is -2.27. The Bertz CT molecular complexity index is 291. The van der Waals surface area contributed by atoms with Gasteiger partial charge in [-0.15, -0.1) is 0 Å². The molecule has 0 fully saturated rings. The maximum atomic E-state index is 5.50. The fourth-order valence-electron chi connectivity index (χ4n) is 2.80. The van der Waals surface area contributed by atoms with Crippen molar-refractivity contribution in [3.05, 3.63) is 11.3 Å². The van der Waals surface area contributed by atoms with Gasteiger partial charge in [-0.25, -0.2) is 0 Å². The summed E-state index contributed by atoms with van der Waals surface area (Å²) in [6, 6.07) is 0.546. The maximum absolute atomic E-state index is 5.50. The minimum Gasteiger partial charge on any atom is -0.337 e. The summed E-state index contributed by atoms with van der Waals surface area (Å²) in [6.45, 7) is 4.50. The molecular formula is C13H21NS. The van der Waals surface area contributed by atoms with Gasteiger partial charge >= 0.3 is 0 Å². The number of allylic oxidation sites excluding steroid dienone is 1. The predicted octanol–water partition coefficient (Wildman–Crippen LogP) is 4.04. The van der Waals surface area contributed by atoms with E-state index in [0.717, 1.165) is 11.4 Å². The highest BCUT2D eigenvalue weighted by atomic mass is 32.1. The molecule has 1 nitrogen and oxygen atoms in total. The van der Waals surface area contributed by atoms with E-state index in [2.05, 4.69) is 18.7 Å². The first kappa shape index (κ1) is 11.1. The topological polar surface area (TPSA) is 3.24 Å². The van der Waals surface area contributed by atoms with Gasteiger partial charge in [-0.05, 0) is 45.1 Å². The van der Waals surface area contributed by atoms with Crippen molar-refractivity contribution >= 4 is 17.2 Å². The Hall–Kier alpha value is -0.370. The largest absolute Gasteiger partial charge is 0.337 e. The Labute approximate surface area is 98.5 Å². The van der Waals surface area contributed by atoms with Gasteiger partial charge in [-0.3, -0.25) is 0 Å². The van der Waals surface area contributed by atoms with Gasteiger partial charge in [0.1, 0.15) is 0 Å². The van der Waals surface area contributed by atoms with E-state index in [0.29, 0.717) is 6.04 Å². The SMILES string of the molecule is CC(C)N1C(=S)CC2=C1CCCCCC2. The average molecular weight is 223 g/mol. The van der Waals surface area contributed by atoms with Crippen LogP contribution in [0.2, 0.25) is 0 Å². The molecule has 0 saturated carbocycles. The molecule has 1 heterocycles. The normalized spacial score (nSPS) is 23.1. The molecule has 0 amide bonds. The van der Waals surface area contributed by atoms with Crippen LogP contribution < -0.4 is 0 Å². The van der Waals surface area contributed by atoms with E-state index in [9.17, 15) is 0 Å². The Morgan fingerprint density at radius 3 is 2.40 bits per heavy atom. The molecule has 84 valence electrons. The van der Waals surface area contributed by atoms with E-state index in [1.165, 1.54) is 38.5 Å². The Kier molecular flexibility index (Phi) is 3.45. The Balaban J connectivity index is 2.22. The summed E-state index contributed by atoms with van der Waals surface area (Å²) >= 11 is 5.50. The highest BCUT2D eigenvalue weighted by Gasteiger charge is 2.28. The Morgan fingerprint density at radius 1 is 1.07 bits per heavy atom. The third-order valence-corrected chi connectivity index (χ3v) is 3.83. The molecule has 0 N–H and O–H groups in total. The lowest BCUT2D eigenvalue weighted by Crippen LogP contribution is -2.31. The fraction of sp³-hybridized carbons (Fsp3) is 0.769. The number of rotatable bonds is 1. The molecule has 1 aliphatic carbocycles. The van der Waals surface area contributed by atoms with E-state index in [-0.39, 0.29) is 0 Å². The molecule has 0 saturated heterocycles. The molecule has 0 atom stereocenters. The van der Waals surface area contributed by atoms with Crippen molar-refractivity contribution in [1.29, 1.82) is 0 Å². The monoisotopic (exact) mass is 223 g/mol. The van der Waals surface area contributed by atoms with Crippen LogP contribution in [-0.4, -0.2) is 15.9 Å². The molecule has 1 aliphatic heterocycles. The van der Waals surface area contributed by atoms with Crippen molar-refractivity contribution in [3.63, 3.8) is 0 Å². The van der Waals surface area contributed by atoms with Crippen LogP contribution in [0.15, 0.2) is 11.3 Å². The Morgan fingerprint density at radius 2 is 1.73 bits per heavy atom. The van der Waals surface area contributed by atoms with Gasteiger partial charge in [-0.2, -0.15) is 0 Å². The quantitative estimate of drug-likeness (QED) is 0.617. The molecule has 0 spiro atoms. The average Bonchev–Trinajstić information content (AvgIpc) is 2.42. The minimum atomic E-state index is 0.546. The van der Waals surface area contributed by atoms with Gasteiger partial charge in [0.05, 0.1) is 4.99 Å². The molecule has 15 heavy (non-hydrogen) atoms. The summed E-state index contributed by atoms with van der Waals surface area (Å²) in [5.74, 6) is 0. The summed E-state index contributed by atoms with van der Waals surface area (Å²) < 4.78 is 0. The van der Waals surface area contributed by atoms with Gasteiger partial charge in [-0.1, -0.05) is 25.1 Å². The van der Waals surface area contributed by atoms with Crippen molar-refractivity contribution in [2.45, 2.75) is 64.8 Å². The predicted molar refractivity (Wildman–Crippen MR) is 68.9 cm³/mol. The second-order valence-corrected chi connectivity index (χ2v) is 5.47. The first-order valence-electron chi connectivity index (χ1n) is 6.23.